The largest absolute Gasteiger partial charge is 0.464 e. The maximum atomic E-state index is 11.8. The lowest BCUT2D eigenvalue weighted by Crippen LogP contribution is -2.02. The van der Waals surface area contributed by atoms with Gasteiger partial charge in [-0.1, -0.05) is 25.1 Å². The number of aryl methyl sites for hydroxylation is 1. The lowest BCUT2D eigenvalue weighted by molar-refractivity contribution is 0.0596. The average molecular weight is 242 g/mol. The second-order valence-corrected chi connectivity index (χ2v) is 4.24. The van der Waals surface area contributed by atoms with Gasteiger partial charge in [0.2, 0.25) is 0 Å². The van der Waals surface area contributed by atoms with Crippen molar-refractivity contribution in [3.8, 4) is 0 Å². The van der Waals surface area contributed by atoms with Crippen molar-refractivity contribution in [3.63, 3.8) is 0 Å². The van der Waals surface area contributed by atoms with Gasteiger partial charge in [0.1, 0.15) is 5.69 Å². The maximum absolute atomic E-state index is 11.8. The molecule has 0 unspecified atom stereocenters. The highest BCUT2D eigenvalue weighted by Crippen LogP contribution is 2.31. The molecule has 0 amide bonds. The Labute approximate surface area is 104 Å². The van der Waals surface area contributed by atoms with Crippen LogP contribution in [0.1, 0.15) is 23.1 Å². The van der Waals surface area contributed by atoms with E-state index in [4.69, 9.17) is 4.74 Å². The Bertz CT molecular complexity index is 737. The van der Waals surface area contributed by atoms with Crippen LogP contribution in [0.3, 0.4) is 0 Å². The predicted octanol–water partition coefficient (Wildman–Crippen LogP) is 3.00. The van der Waals surface area contributed by atoms with Crippen molar-refractivity contribution in [1.29, 1.82) is 0 Å². The third kappa shape index (κ3) is 1.35. The second-order valence-electron chi connectivity index (χ2n) is 4.24. The summed E-state index contributed by atoms with van der Waals surface area (Å²) in [5.74, 6) is -0.341. The number of methoxy groups -OCH3 is 1. The molecule has 92 valence electrons. The Hall–Kier alpha value is -2.23. The van der Waals surface area contributed by atoms with Crippen molar-refractivity contribution in [3.05, 3.63) is 35.7 Å². The number of carbonyl (C=O) groups excluding carboxylic acids is 1. The molecule has 0 fully saturated rings. The minimum absolute atomic E-state index is 0.341. The number of benzene rings is 1. The summed E-state index contributed by atoms with van der Waals surface area (Å²) in [6.45, 7) is 2.06. The van der Waals surface area contributed by atoms with Crippen molar-refractivity contribution < 1.29 is 9.53 Å². The van der Waals surface area contributed by atoms with E-state index in [0.29, 0.717) is 5.69 Å². The monoisotopic (exact) mass is 242 g/mol. The van der Waals surface area contributed by atoms with Crippen LogP contribution in [0.2, 0.25) is 0 Å². The number of carbonyl (C=O) groups is 1. The number of ether oxygens (including phenoxy) is 1. The molecular formula is C14H14N2O2. The predicted molar refractivity (Wildman–Crippen MR) is 70.9 cm³/mol. The lowest BCUT2D eigenvalue weighted by atomic mass is 10.1. The third-order valence-corrected chi connectivity index (χ3v) is 3.28. The quantitative estimate of drug-likeness (QED) is 0.679. The highest BCUT2D eigenvalue weighted by Gasteiger charge is 2.19. The molecular weight excluding hydrogens is 228 g/mol. The molecule has 0 saturated heterocycles. The summed E-state index contributed by atoms with van der Waals surface area (Å²) < 4.78 is 4.81. The fourth-order valence-electron chi connectivity index (χ4n) is 2.44. The molecule has 0 aliphatic heterocycles. The average Bonchev–Trinajstić information content (AvgIpc) is 2.94. The van der Waals surface area contributed by atoms with E-state index in [0.717, 1.165) is 33.9 Å². The van der Waals surface area contributed by atoms with Gasteiger partial charge in [0, 0.05) is 22.0 Å². The summed E-state index contributed by atoms with van der Waals surface area (Å²) in [4.78, 5) is 18.2. The zero-order chi connectivity index (χ0) is 12.7. The van der Waals surface area contributed by atoms with E-state index in [1.807, 2.05) is 18.2 Å². The van der Waals surface area contributed by atoms with E-state index in [-0.39, 0.29) is 5.97 Å². The molecule has 2 aromatic heterocycles. The molecule has 0 spiro atoms. The van der Waals surface area contributed by atoms with Crippen LogP contribution >= 0.6 is 0 Å². The molecule has 0 aliphatic carbocycles. The zero-order valence-electron chi connectivity index (χ0n) is 10.3. The van der Waals surface area contributed by atoms with Crippen molar-refractivity contribution in [2.24, 2.45) is 0 Å². The molecule has 4 nitrogen and oxygen atoms in total. The van der Waals surface area contributed by atoms with Gasteiger partial charge in [-0.3, -0.25) is 0 Å². The van der Waals surface area contributed by atoms with Crippen molar-refractivity contribution in [1.82, 2.24) is 9.97 Å². The van der Waals surface area contributed by atoms with Gasteiger partial charge in [-0.25, -0.2) is 4.79 Å². The number of fused-ring (bicyclic) bond motifs is 3. The summed E-state index contributed by atoms with van der Waals surface area (Å²) in [5.41, 5.74) is 3.43. The molecule has 4 heteroatoms. The maximum Gasteiger partial charge on any atom is 0.356 e. The number of hydrogen-bond acceptors (Lipinski definition) is 2. The smallest absolute Gasteiger partial charge is 0.356 e. The number of rotatable bonds is 2. The highest BCUT2D eigenvalue weighted by atomic mass is 16.5. The number of esters is 1. The molecule has 0 radical (unpaired) electrons. The standard InChI is InChI=1S/C14H14N2O2/c1-3-9-11-8-6-4-5-7-10(8)16-12(11)13(15-9)14(17)18-2/h4-7,15-16H,3H2,1-2H3. The number of aromatic amines is 2. The molecule has 1 aromatic carbocycles. The van der Waals surface area contributed by atoms with Crippen LogP contribution in [-0.4, -0.2) is 23.0 Å². The molecule has 18 heavy (non-hydrogen) atoms. The van der Waals surface area contributed by atoms with Gasteiger partial charge >= 0.3 is 5.97 Å². The molecule has 0 atom stereocenters. The molecule has 2 N–H and O–H groups in total. The van der Waals surface area contributed by atoms with E-state index in [1.54, 1.807) is 0 Å². The normalized spacial score (nSPS) is 11.2. The lowest BCUT2D eigenvalue weighted by Gasteiger charge is -1.96. The SMILES string of the molecule is CCc1[nH]c(C(=O)OC)c2[nH]c3ccccc3c12. The van der Waals surface area contributed by atoms with Crippen molar-refractivity contribution >= 4 is 27.8 Å². The first-order chi connectivity index (χ1) is 8.76. The molecule has 3 rings (SSSR count). The molecule has 2 heterocycles. The molecule has 3 aromatic rings. The number of aromatic nitrogens is 2. The Morgan fingerprint density at radius 3 is 2.78 bits per heavy atom. The van der Waals surface area contributed by atoms with Crippen molar-refractivity contribution in [2.45, 2.75) is 13.3 Å². The van der Waals surface area contributed by atoms with Crippen LogP contribution in [0.5, 0.6) is 0 Å². The van der Waals surface area contributed by atoms with Gasteiger partial charge in [-0.05, 0) is 12.5 Å². The first-order valence-electron chi connectivity index (χ1n) is 5.95. The van der Waals surface area contributed by atoms with Crippen molar-refractivity contribution in [2.75, 3.05) is 7.11 Å². The van der Waals surface area contributed by atoms with Gasteiger partial charge < -0.3 is 14.7 Å². The fourth-order valence-corrected chi connectivity index (χ4v) is 2.44. The highest BCUT2D eigenvalue weighted by molar-refractivity contribution is 6.15. The first kappa shape index (κ1) is 10.9. The van der Waals surface area contributed by atoms with Gasteiger partial charge in [0.25, 0.3) is 0 Å². The summed E-state index contributed by atoms with van der Waals surface area (Å²) in [5, 5.41) is 2.23. The van der Waals surface area contributed by atoms with Gasteiger partial charge in [0.15, 0.2) is 0 Å². The topological polar surface area (TPSA) is 57.9 Å². The van der Waals surface area contributed by atoms with Crippen LogP contribution in [-0.2, 0) is 11.2 Å². The van der Waals surface area contributed by atoms with E-state index < -0.39 is 0 Å². The summed E-state index contributed by atoms with van der Waals surface area (Å²) >= 11 is 0. The van der Waals surface area contributed by atoms with E-state index in [1.165, 1.54) is 7.11 Å². The molecule has 0 saturated carbocycles. The summed E-state index contributed by atoms with van der Waals surface area (Å²) in [6.07, 6.45) is 0.843. The molecule has 0 aliphatic rings. The second kappa shape index (κ2) is 3.91. The van der Waals surface area contributed by atoms with E-state index in [9.17, 15) is 4.79 Å². The van der Waals surface area contributed by atoms with Crippen LogP contribution in [0, 0.1) is 0 Å². The van der Waals surface area contributed by atoms with Gasteiger partial charge in [-0.15, -0.1) is 0 Å². The van der Waals surface area contributed by atoms with Gasteiger partial charge in [0.05, 0.1) is 12.6 Å². The number of H-pyrrole nitrogens is 2. The zero-order valence-corrected chi connectivity index (χ0v) is 10.3. The fraction of sp³-hybridized carbons (Fsp3) is 0.214. The number of para-hydroxylation sites is 1. The summed E-state index contributed by atoms with van der Waals surface area (Å²) in [6, 6.07) is 8.04. The molecule has 0 bridgehead atoms. The number of hydrogen-bond donors (Lipinski definition) is 2. The Kier molecular flexibility index (Phi) is 2.37. The van der Waals surface area contributed by atoms with Gasteiger partial charge in [-0.2, -0.15) is 0 Å². The summed E-state index contributed by atoms with van der Waals surface area (Å²) in [7, 11) is 1.39. The Morgan fingerprint density at radius 2 is 2.06 bits per heavy atom. The van der Waals surface area contributed by atoms with E-state index >= 15 is 0 Å². The number of nitrogens with one attached hydrogen (secondary N) is 2. The third-order valence-electron chi connectivity index (χ3n) is 3.28. The van der Waals surface area contributed by atoms with Crippen LogP contribution in [0.25, 0.3) is 21.8 Å². The minimum Gasteiger partial charge on any atom is -0.464 e. The Morgan fingerprint density at radius 1 is 1.28 bits per heavy atom. The minimum atomic E-state index is -0.341. The van der Waals surface area contributed by atoms with Crippen LogP contribution in [0.15, 0.2) is 24.3 Å². The van der Waals surface area contributed by atoms with Crippen LogP contribution < -0.4 is 0 Å². The first-order valence-corrected chi connectivity index (χ1v) is 5.95. The van der Waals surface area contributed by atoms with Crippen LogP contribution in [0.4, 0.5) is 0 Å². The van der Waals surface area contributed by atoms with E-state index in [2.05, 4.69) is 23.0 Å². The Balaban J connectivity index is 2.43.